The molecule has 0 aliphatic heterocycles. The maximum absolute atomic E-state index is 6.68. The van der Waals surface area contributed by atoms with Crippen molar-refractivity contribution in [1.29, 1.82) is 0 Å². The molecule has 0 bridgehead atoms. The first-order valence-corrected chi connectivity index (χ1v) is 16.8. The van der Waals surface area contributed by atoms with Gasteiger partial charge in [0.2, 0.25) is 0 Å². The number of hydrogen-bond acceptors (Lipinski definition) is 5. The van der Waals surface area contributed by atoms with Crippen molar-refractivity contribution >= 4 is 64.2 Å². The highest BCUT2D eigenvalue weighted by molar-refractivity contribution is 7.26. The van der Waals surface area contributed by atoms with E-state index in [1.807, 2.05) is 84.1 Å². The zero-order valence-electron chi connectivity index (χ0n) is 25.6. The van der Waals surface area contributed by atoms with E-state index in [0.717, 1.165) is 49.8 Å². The van der Waals surface area contributed by atoms with Gasteiger partial charge in [-0.1, -0.05) is 133 Å². The molecule has 0 aliphatic carbocycles. The Bertz CT molecular complexity index is 2780. The maximum atomic E-state index is 6.68. The van der Waals surface area contributed by atoms with E-state index in [4.69, 9.17) is 19.4 Å². The molecule has 0 radical (unpaired) electrons. The second-order valence-electron chi connectivity index (χ2n) is 12.0. The Kier molecular flexibility index (Phi) is 6.01. The van der Waals surface area contributed by atoms with Crippen LogP contribution < -0.4 is 0 Å². The molecule has 3 heterocycles. The van der Waals surface area contributed by atoms with Gasteiger partial charge in [0.1, 0.15) is 11.2 Å². The summed E-state index contributed by atoms with van der Waals surface area (Å²) in [6, 6.07) is 52.6. The topological polar surface area (TPSA) is 51.8 Å². The van der Waals surface area contributed by atoms with E-state index >= 15 is 0 Å². The minimum absolute atomic E-state index is 0.611. The molecule has 10 rings (SSSR count). The lowest BCUT2D eigenvalue weighted by Gasteiger charge is -2.09. The molecule has 0 unspecified atom stereocenters. The Morgan fingerprint density at radius 1 is 0.438 bits per heavy atom. The first-order valence-electron chi connectivity index (χ1n) is 15.9. The van der Waals surface area contributed by atoms with Crippen molar-refractivity contribution in [2.75, 3.05) is 0 Å². The third-order valence-corrected chi connectivity index (χ3v) is 10.4. The van der Waals surface area contributed by atoms with Gasteiger partial charge in [0.05, 0.1) is 0 Å². The Balaban J connectivity index is 1.16. The van der Waals surface area contributed by atoms with Crippen molar-refractivity contribution in [3.05, 3.63) is 152 Å². The van der Waals surface area contributed by atoms with Crippen molar-refractivity contribution in [2.45, 2.75) is 0 Å². The number of benzene rings is 7. The second-order valence-corrected chi connectivity index (χ2v) is 13.0. The lowest BCUT2D eigenvalue weighted by Crippen LogP contribution is -2.00. The SMILES string of the molecule is c1ccc(-c2nc(-c3ccccc3)nc(-c3cccc4oc5c(-c6ccc7c(ccc8c9ccccc9sc78)c6)cccc5c34)n2)cc1. The Hall–Kier alpha value is -6.17. The summed E-state index contributed by atoms with van der Waals surface area (Å²) in [4.78, 5) is 15.0. The van der Waals surface area contributed by atoms with Crippen LogP contribution in [0.2, 0.25) is 0 Å². The number of furan rings is 1. The fraction of sp³-hybridized carbons (Fsp3) is 0. The number of hydrogen-bond donors (Lipinski definition) is 0. The van der Waals surface area contributed by atoms with Gasteiger partial charge in [-0.15, -0.1) is 11.3 Å². The van der Waals surface area contributed by atoms with E-state index in [2.05, 4.69) is 78.9 Å². The normalized spacial score (nSPS) is 11.8. The highest BCUT2D eigenvalue weighted by Gasteiger charge is 2.20. The summed E-state index contributed by atoms with van der Waals surface area (Å²) in [6.45, 7) is 0. The number of aromatic nitrogens is 3. The van der Waals surface area contributed by atoms with Crippen LogP contribution in [0, 0.1) is 0 Å². The van der Waals surface area contributed by atoms with Crippen LogP contribution in [0.5, 0.6) is 0 Å². The van der Waals surface area contributed by atoms with E-state index in [0.29, 0.717) is 17.5 Å². The van der Waals surface area contributed by atoms with Gasteiger partial charge >= 0.3 is 0 Å². The van der Waals surface area contributed by atoms with E-state index < -0.39 is 0 Å². The highest BCUT2D eigenvalue weighted by Crippen LogP contribution is 2.43. The van der Waals surface area contributed by atoms with E-state index in [1.54, 1.807) is 0 Å². The summed E-state index contributed by atoms with van der Waals surface area (Å²) < 4.78 is 9.33. The molecule has 0 saturated heterocycles. The van der Waals surface area contributed by atoms with Crippen LogP contribution in [-0.2, 0) is 0 Å². The van der Waals surface area contributed by atoms with E-state index in [-0.39, 0.29) is 0 Å². The summed E-state index contributed by atoms with van der Waals surface area (Å²) in [6.07, 6.45) is 0. The third kappa shape index (κ3) is 4.25. The van der Waals surface area contributed by atoms with Crippen molar-refractivity contribution in [3.8, 4) is 45.3 Å². The van der Waals surface area contributed by atoms with Gasteiger partial charge in [0.25, 0.3) is 0 Å². The van der Waals surface area contributed by atoms with Gasteiger partial charge in [-0.2, -0.15) is 0 Å². The molecule has 224 valence electrons. The molecule has 0 atom stereocenters. The van der Waals surface area contributed by atoms with Crippen molar-refractivity contribution in [2.24, 2.45) is 0 Å². The molecule has 0 amide bonds. The minimum atomic E-state index is 0.611. The summed E-state index contributed by atoms with van der Waals surface area (Å²) in [5.74, 6) is 1.88. The Morgan fingerprint density at radius 2 is 1.08 bits per heavy atom. The quantitative estimate of drug-likeness (QED) is 0.194. The van der Waals surface area contributed by atoms with Gasteiger partial charge in [0.15, 0.2) is 17.5 Å². The first-order chi connectivity index (χ1) is 23.8. The smallest absolute Gasteiger partial charge is 0.164 e. The Morgan fingerprint density at radius 3 is 1.88 bits per heavy atom. The molecule has 0 aliphatic rings. The number of nitrogens with zero attached hydrogens (tertiary/aromatic N) is 3. The molecule has 0 saturated carbocycles. The van der Waals surface area contributed by atoms with Crippen LogP contribution in [0.4, 0.5) is 0 Å². The molecule has 0 N–H and O–H groups in total. The Labute approximate surface area is 279 Å². The molecule has 5 heteroatoms. The first kappa shape index (κ1) is 27.0. The number of para-hydroxylation sites is 1. The van der Waals surface area contributed by atoms with Crippen LogP contribution in [-0.4, -0.2) is 15.0 Å². The van der Waals surface area contributed by atoms with Crippen molar-refractivity contribution in [3.63, 3.8) is 0 Å². The maximum Gasteiger partial charge on any atom is 0.164 e. The summed E-state index contributed by atoms with van der Waals surface area (Å²) >= 11 is 1.86. The molecule has 3 aromatic heterocycles. The van der Waals surface area contributed by atoms with Gasteiger partial charge in [-0.05, 0) is 34.5 Å². The molecular weight excluding hydrogens is 607 g/mol. The number of thiophene rings is 1. The van der Waals surface area contributed by atoms with E-state index in [1.165, 1.54) is 30.9 Å². The summed E-state index contributed by atoms with van der Waals surface area (Å²) in [5, 5.41) is 7.14. The van der Waals surface area contributed by atoms with Crippen molar-refractivity contribution < 1.29 is 4.42 Å². The third-order valence-electron chi connectivity index (χ3n) is 9.13. The standard InChI is InChI=1S/C43H25N3OS/c1-3-11-26(12-4-1)41-44-42(27-13-5-2-6-14-27)46-43(45-41)35-18-10-19-36-38(35)34-17-9-16-30(39(34)47-36)28-21-23-31-29(25-28)22-24-33-32-15-7-8-20-37(32)48-40(31)33/h1-25H. The number of fused-ring (bicyclic) bond motifs is 8. The van der Waals surface area contributed by atoms with Crippen LogP contribution in [0.3, 0.4) is 0 Å². The number of rotatable bonds is 4. The predicted octanol–water partition coefficient (Wildman–Crippen LogP) is 12.0. The van der Waals surface area contributed by atoms with Crippen molar-refractivity contribution in [1.82, 2.24) is 15.0 Å². The molecule has 10 aromatic rings. The molecule has 0 fully saturated rings. The average Bonchev–Trinajstić information content (AvgIpc) is 3.74. The summed E-state index contributed by atoms with van der Waals surface area (Å²) in [7, 11) is 0. The highest BCUT2D eigenvalue weighted by atomic mass is 32.1. The van der Waals surface area contributed by atoms with Gasteiger partial charge < -0.3 is 4.42 Å². The lowest BCUT2D eigenvalue weighted by atomic mass is 9.97. The van der Waals surface area contributed by atoms with Crippen LogP contribution >= 0.6 is 11.3 Å². The fourth-order valence-electron chi connectivity index (χ4n) is 6.87. The van der Waals surface area contributed by atoms with Crippen LogP contribution in [0.1, 0.15) is 0 Å². The molecular formula is C43H25N3OS. The van der Waals surface area contributed by atoms with Gasteiger partial charge in [0, 0.05) is 53.2 Å². The van der Waals surface area contributed by atoms with E-state index in [9.17, 15) is 0 Å². The zero-order chi connectivity index (χ0) is 31.6. The van der Waals surface area contributed by atoms with Gasteiger partial charge in [-0.3, -0.25) is 0 Å². The second kappa shape index (κ2) is 10.7. The predicted molar refractivity (Wildman–Crippen MR) is 199 cm³/mol. The zero-order valence-corrected chi connectivity index (χ0v) is 26.4. The molecule has 0 spiro atoms. The molecule has 7 aromatic carbocycles. The molecule has 48 heavy (non-hydrogen) atoms. The van der Waals surface area contributed by atoms with Gasteiger partial charge in [-0.25, -0.2) is 15.0 Å². The summed E-state index contributed by atoms with van der Waals surface area (Å²) in [5.41, 5.74) is 6.60. The lowest BCUT2D eigenvalue weighted by molar-refractivity contribution is 0.670. The fourth-order valence-corrected chi connectivity index (χ4v) is 8.11. The molecule has 4 nitrogen and oxygen atoms in total. The van der Waals surface area contributed by atoms with Crippen LogP contribution in [0.15, 0.2) is 156 Å². The largest absolute Gasteiger partial charge is 0.455 e. The van der Waals surface area contributed by atoms with Crippen LogP contribution in [0.25, 0.3) is 98.2 Å². The monoisotopic (exact) mass is 631 g/mol. The average molecular weight is 632 g/mol. The minimum Gasteiger partial charge on any atom is -0.455 e.